The van der Waals surface area contributed by atoms with Gasteiger partial charge in [-0.2, -0.15) is 0 Å². The lowest BCUT2D eigenvalue weighted by atomic mass is 9.98. The van der Waals surface area contributed by atoms with Crippen LogP contribution in [0.4, 0.5) is 0 Å². The zero-order chi connectivity index (χ0) is 25.7. The van der Waals surface area contributed by atoms with E-state index < -0.39 is 0 Å². The quantitative estimate of drug-likeness (QED) is 0.0450. The van der Waals surface area contributed by atoms with Gasteiger partial charge >= 0.3 is 5.97 Å². The van der Waals surface area contributed by atoms with Crippen molar-refractivity contribution in [3.05, 3.63) is 0 Å². The maximum atomic E-state index is 12.2. The molecule has 0 aromatic rings. The van der Waals surface area contributed by atoms with E-state index in [1.165, 1.54) is 96.3 Å². The van der Waals surface area contributed by atoms with Crippen molar-refractivity contribution in [1.82, 2.24) is 0 Å². The molecule has 4 nitrogen and oxygen atoms in total. The maximum absolute atomic E-state index is 12.2. The Balaban J connectivity index is 3.93. The van der Waals surface area contributed by atoms with E-state index in [1.807, 2.05) is 0 Å². The van der Waals surface area contributed by atoms with Crippen LogP contribution in [0, 0.1) is 0 Å². The first kappa shape index (κ1) is 34.5. The van der Waals surface area contributed by atoms with E-state index in [2.05, 4.69) is 13.8 Å². The van der Waals surface area contributed by atoms with Gasteiger partial charge in [0.2, 0.25) is 0 Å². The van der Waals surface area contributed by atoms with Gasteiger partial charge in [0.05, 0.1) is 20.9 Å². The lowest BCUT2D eigenvalue weighted by Gasteiger charge is -2.18. The zero-order valence-corrected chi connectivity index (χ0v) is 23.7. The predicted molar refractivity (Wildman–Crippen MR) is 150 cm³/mol. The summed E-state index contributed by atoms with van der Waals surface area (Å²) in [6.07, 6.45) is 26.0. The standard InChI is InChI=1S/C30H59BO4/c1-3-5-7-9-16-21-27-34-30(35-28-22-17-10-8-6-4-2)24-23-29(32)33-26-20-18-14-12-11-13-15-19-25-31/h30H,3-28H2,1-2H3. The van der Waals surface area contributed by atoms with Crippen LogP contribution in [-0.4, -0.2) is 39.9 Å². The number of hydrogen-bond donors (Lipinski definition) is 0. The topological polar surface area (TPSA) is 44.8 Å². The molecule has 206 valence electrons. The Morgan fingerprint density at radius 3 is 1.43 bits per heavy atom. The Labute approximate surface area is 220 Å². The van der Waals surface area contributed by atoms with Gasteiger partial charge in [0.25, 0.3) is 0 Å². The first-order valence-electron chi connectivity index (χ1n) is 15.3. The molecule has 0 fully saturated rings. The highest BCUT2D eigenvalue weighted by Crippen LogP contribution is 2.13. The van der Waals surface area contributed by atoms with Crippen molar-refractivity contribution in [3.63, 3.8) is 0 Å². The molecule has 2 radical (unpaired) electrons. The van der Waals surface area contributed by atoms with E-state index in [0.717, 1.165) is 38.4 Å². The Bertz CT molecular complexity index is 401. The smallest absolute Gasteiger partial charge is 0.305 e. The zero-order valence-electron chi connectivity index (χ0n) is 23.7. The Hall–Kier alpha value is -0.545. The number of unbranched alkanes of at least 4 members (excludes halogenated alkanes) is 17. The summed E-state index contributed by atoms with van der Waals surface area (Å²) < 4.78 is 17.5. The highest BCUT2D eigenvalue weighted by molar-refractivity contribution is 6.08. The van der Waals surface area contributed by atoms with E-state index in [0.29, 0.717) is 32.7 Å². The Morgan fingerprint density at radius 2 is 0.971 bits per heavy atom. The Morgan fingerprint density at radius 1 is 0.571 bits per heavy atom. The maximum Gasteiger partial charge on any atom is 0.305 e. The van der Waals surface area contributed by atoms with Gasteiger partial charge in [0.1, 0.15) is 0 Å². The molecular weight excluding hydrogens is 435 g/mol. The predicted octanol–water partition coefficient (Wildman–Crippen LogP) is 9.10. The molecular formula is C30H59BO4. The van der Waals surface area contributed by atoms with E-state index in [4.69, 9.17) is 22.1 Å². The molecule has 0 unspecified atom stereocenters. The second kappa shape index (κ2) is 29.7. The minimum atomic E-state index is -0.284. The molecule has 0 aromatic carbocycles. The molecule has 0 aliphatic carbocycles. The number of ether oxygens (including phenoxy) is 3. The van der Waals surface area contributed by atoms with Gasteiger partial charge in [-0.15, -0.1) is 0 Å². The number of carbonyl (C=O) groups excluding carboxylic acids is 1. The molecule has 0 atom stereocenters. The molecule has 0 amide bonds. The normalized spacial score (nSPS) is 11.4. The molecule has 35 heavy (non-hydrogen) atoms. The van der Waals surface area contributed by atoms with Gasteiger partial charge in [-0.25, -0.2) is 0 Å². The first-order valence-corrected chi connectivity index (χ1v) is 15.3. The fourth-order valence-corrected chi connectivity index (χ4v) is 4.21. The minimum absolute atomic E-state index is 0.122. The second-order valence-corrected chi connectivity index (χ2v) is 10.1. The van der Waals surface area contributed by atoms with Crippen LogP contribution in [-0.2, 0) is 19.0 Å². The molecule has 5 heteroatoms. The van der Waals surface area contributed by atoms with Crippen molar-refractivity contribution >= 4 is 13.8 Å². The van der Waals surface area contributed by atoms with Crippen molar-refractivity contribution in [2.75, 3.05) is 19.8 Å². The van der Waals surface area contributed by atoms with Crippen molar-refractivity contribution < 1.29 is 19.0 Å². The van der Waals surface area contributed by atoms with Crippen LogP contribution in [0.2, 0.25) is 6.32 Å². The largest absolute Gasteiger partial charge is 0.466 e. The van der Waals surface area contributed by atoms with Crippen LogP contribution in [0.1, 0.15) is 155 Å². The monoisotopic (exact) mass is 494 g/mol. The summed E-state index contributed by atoms with van der Waals surface area (Å²) >= 11 is 0. The van der Waals surface area contributed by atoms with Crippen LogP contribution in [0.15, 0.2) is 0 Å². The number of hydrogen-bond acceptors (Lipinski definition) is 4. The molecule has 0 aliphatic rings. The molecule has 0 N–H and O–H groups in total. The van der Waals surface area contributed by atoms with Crippen LogP contribution in [0.3, 0.4) is 0 Å². The second-order valence-electron chi connectivity index (χ2n) is 10.1. The van der Waals surface area contributed by atoms with Crippen LogP contribution in [0.5, 0.6) is 0 Å². The highest BCUT2D eigenvalue weighted by atomic mass is 16.7. The highest BCUT2D eigenvalue weighted by Gasteiger charge is 2.13. The van der Waals surface area contributed by atoms with Crippen LogP contribution in [0.25, 0.3) is 0 Å². The van der Waals surface area contributed by atoms with Gasteiger partial charge in [-0.3, -0.25) is 4.79 Å². The van der Waals surface area contributed by atoms with E-state index in [-0.39, 0.29) is 12.3 Å². The van der Waals surface area contributed by atoms with Crippen molar-refractivity contribution in [3.8, 4) is 0 Å². The molecule has 0 aromatic heterocycles. The lowest BCUT2D eigenvalue weighted by molar-refractivity contribution is -0.159. The summed E-state index contributed by atoms with van der Waals surface area (Å²) in [6.45, 7) is 6.46. The molecule has 0 saturated heterocycles. The summed E-state index contributed by atoms with van der Waals surface area (Å²) in [5.41, 5.74) is 0. The van der Waals surface area contributed by atoms with Gasteiger partial charge in [0, 0.05) is 19.6 Å². The van der Waals surface area contributed by atoms with Gasteiger partial charge in [-0.05, 0) is 19.3 Å². The summed E-state index contributed by atoms with van der Waals surface area (Å²) in [7, 11) is 5.52. The summed E-state index contributed by atoms with van der Waals surface area (Å²) in [6, 6.07) is 0. The number of esters is 1. The van der Waals surface area contributed by atoms with Gasteiger partial charge in [0.15, 0.2) is 6.29 Å². The van der Waals surface area contributed by atoms with Crippen molar-refractivity contribution in [1.29, 1.82) is 0 Å². The molecule has 0 aliphatic heterocycles. The van der Waals surface area contributed by atoms with Crippen molar-refractivity contribution in [2.45, 2.75) is 168 Å². The fourth-order valence-electron chi connectivity index (χ4n) is 4.21. The average molecular weight is 495 g/mol. The molecule has 0 spiro atoms. The number of rotatable bonds is 29. The average Bonchev–Trinajstić information content (AvgIpc) is 2.86. The molecule has 0 saturated carbocycles. The summed E-state index contributed by atoms with van der Waals surface area (Å²) in [5.74, 6) is -0.122. The van der Waals surface area contributed by atoms with Crippen LogP contribution >= 0.6 is 0 Å². The van der Waals surface area contributed by atoms with E-state index in [9.17, 15) is 4.79 Å². The third-order valence-electron chi connectivity index (χ3n) is 6.55. The number of carbonyl (C=O) groups is 1. The first-order chi connectivity index (χ1) is 17.2. The van der Waals surface area contributed by atoms with Gasteiger partial charge < -0.3 is 14.2 Å². The van der Waals surface area contributed by atoms with Crippen molar-refractivity contribution in [2.24, 2.45) is 0 Å². The summed E-state index contributed by atoms with van der Waals surface area (Å²) in [5, 5.41) is 0. The van der Waals surface area contributed by atoms with E-state index >= 15 is 0 Å². The van der Waals surface area contributed by atoms with E-state index in [1.54, 1.807) is 0 Å². The molecule has 0 heterocycles. The Kier molecular flexibility index (Phi) is 29.2. The SMILES string of the molecule is [B]CCCCCCCCCCOC(=O)CCC(OCCCCCCCC)OCCCCCCCC. The molecule has 0 bridgehead atoms. The fraction of sp³-hybridized carbons (Fsp3) is 0.967. The van der Waals surface area contributed by atoms with Crippen LogP contribution < -0.4 is 0 Å². The third kappa shape index (κ3) is 27.9. The third-order valence-corrected chi connectivity index (χ3v) is 6.55. The minimum Gasteiger partial charge on any atom is -0.466 e. The van der Waals surface area contributed by atoms with Gasteiger partial charge in [-0.1, -0.05) is 129 Å². The molecule has 0 rings (SSSR count). The lowest BCUT2D eigenvalue weighted by Crippen LogP contribution is -2.21. The summed E-state index contributed by atoms with van der Waals surface area (Å²) in [4.78, 5) is 12.2.